The summed E-state index contributed by atoms with van der Waals surface area (Å²) in [6.45, 7) is 15.0. The first kappa shape index (κ1) is 22.5. The van der Waals surface area contributed by atoms with Gasteiger partial charge in [-0.15, -0.1) is 0 Å². The van der Waals surface area contributed by atoms with Gasteiger partial charge in [-0.25, -0.2) is 0 Å². The average Bonchev–Trinajstić information content (AvgIpc) is 3.08. The van der Waals surface area contributed by atoms with Crippen molar-refractivity contribution in [2.45, 2.75) is 85.2 Å². The van der Waals surface area contributed by atoms with Crippen molar-refractivity contribution < 1.29 is 23.6 Å². The van der Waals surface area contributed by atoms with Crippen molar-refractivity contribution in [2.75, 3.05) is 0 Å². The van der Waals surface area contributed by atoms with Gasteiger partial charge < -0.3 is 14.0 Å². The van der Waals surface area contributed by atoms with Crippen LogP contribution in [0.4, 0.5) is 0 Å². The van der Waals surface area contributed by atoms with Crippen LogP contribution in [0.2, 0.25) is 0 Å². The van der Waals surface area contributed by atoms with Gasteiger partial charge in [0.1, 0.15) is 17.8 Å². The zero-order valence-electron chi connectivity index (χ0n) is 19.2. The molecule has 1 aromatic carbocycles. The highest BCUT2D eigenvalue weighted by molar-refractivity contribution is 6.62. The molecule has 3 rings (SSSR count). The zero-order valence-corrected chi connectivity index (χ0v) is 19.2. The maximum absolute atomic E-state index is 12.3. The van der Waals surface area contributed by atoms with Gasteiger partial charge in [-0.05, 0) is 59.5 Å². The van der Waals surface area contributed by atoms with Gasteiger partial charge in [-0.2, -0.15) is 5.10 Å². The van der Waals surface area contributed by atoms with E-state index in [1.807, 2.05) is 59.7 Å². The first-order valence-corrected chi connectivity index (χ1v) is 10.4. The summed E-state index contributed by atoms with van der Waals surface area (Å²) in [5.41, 5.74) is 0.345. The lowest BCUT2D eigenvalue weighted by atomic mass is 9.78. The van der Waals surface area contributed by atoms with E-state index in [1.54, 1.807) is 0 Å². The molecule has 162 valence electrons. The minimum Gasteiger partial charge on any atom is -0.459 e. The predicted molar refractivity (Wildman–Crippen MR) is 116 cm³/mol. The zero-order chi connectivity index (χ0) is 22.5. The Bertz CT molecular complexity index is 991. The molecule has 2 aromatic rings. The second kappa shape index (κ2) is 7.50. The number of ketones is 1. The van der Waals surface area contributed by atoms with Crippen LogP contribution >= 0.6 is 0 Å². The lowest BCUT2D eigenvalue weighted by Crippen LogP contribution is -2.44. The fourth-order valence-electron chi connectivity index (χ4n) is 3.66. The standard InChI is InChI=1S/C22H31BN2O5/c1-9-22(8)21(6,7)29-23(30-22)15-10-11-17-16(12-15)19(14(2)26)24-25(17)13-18(27)28-20(3,4)5/h10-12H,9,13H2,1-8H3. The Balaban J connectivity index is 1.98. The highest BCUT2D eigenvalue weighted by Gasteiger charge is 2.53. The molecule has 1 saturated heterocycles. The van der Waals surface area contributed by atoms with E-state index in [2.05, 4.69) is 12.0 Å². The van der Waals surface area contributed by atoms with Crippen molar-refractivity contribution in [2.24, 2.45) is 0 Å². The number of esters is 1. The lowest BCUT2D eigenvalue weighted by molar-refractivity contribution is -0.155. The smallest absolute Gasteiger partial charge is 0.459 e. The minimum atomic E-state index is -0.591. The van der Waals surface area contributed by atoms with Gasteiger partial charge in [-0.3, -0.25) is 14.3 Å². The average molecular weight is 414 g/mol. The third-order valence-electron chi connectivity index (χ3n) is 5.80. The number of hydrogen-bond acceptors (Lipinski definition) is 6. The van der Waals surface area contributed by atoms with Gasteiger partial charge in [0.25, 0.3) is 0 Å². The quantitative estimate of drug-likeness (QED) is 0.425. The van der Waals surface area contributed by atoms with E-state index in [0.717, 1.165) is 11.9 Å². The number of rotatable bonds is 5. The van der Waals surface area contributed by atoms with Crippen LogP contribution in [0.1, 0.15) is 72.3 Å². The third-order valence-corrected chi connectivity index (χ3v) is 5.80. The first-order chi connectivity index (χ1) is 13.8. The Morgan fingerprint density at radius 1 is 1.20 bits per heavy atom. The molecular weight excluding hydrogens is 383 g/mol. The summed E-state index contributed by atoms with van der Waals surface area (Å²) < 4.78 is 19.4. The number of Topliss-reactive ketones (excluding diaryl/α,β-unsaturated/α-hetero) is 1. The summed E-state index contributed by atoms with van der Waals surface area (Å²) in [5.74, 6) is -0.582. The van der Waals surface area contributed by atoms with E-state index in [9.17, 15) is 9.59 Å². The van der Waals surface area contributed by atoms with E-state index in [-0.39, 0.29) is 12.3 Å². The van der Waals surface area contributed by atoms with Gasteiger partial charge in [0.2, 0.25) is 0 Å². The van der Waals surface area contributed by atoms with E-state index < -0.39 is 29.9 Å². The Hall–Kier alpha value is -2.19. The molecule has 0 aliphatic carbocycles. The summed E-state index contributed by atoms with van der Waals surface area (Å²) in [6.07, 6.45) is 0.811. The molecule has 0 amide bonds. The number of carbonyl (C=O) groups is 2. The van der Waals surface area contributed by atoms with Crippen LogP contribution in [-0.4, -0.2) is 45.5 Å². The maximum Gasteiger partial charge on any atom is 0.494 e. The van der Waals surface area contributed by atoms with Crippen molar-refractivity contribution in [1.82, 2.24) is 9.78 Å². The maximum atomic E-state index is 12.3. The molecule has 1 aromatic heterocycles. The second-order valence-corrected chi connectivity index (χ2v) is 9.59. The van der Waals surface area contributed by atoms with E-state index >= 15 is 0 Å². The molecule has 30 heavy (non-hydrogen) atoms. The molecule has 7 nitrogen and oxygen atoms in total. The molecule has 1 aliphatic rings. The highest BCUT2D eigenvalue weighted by Crippen LogP contribution is 2.39. The van der Waals surface area contributed by atoms with Crippen LogP contribution in [-0.2, 0) is 25.4 Å². The van der Waals surface area contributed by atoms with E-state index in [0.29, 0.717) is 16.6 Å². The number of fused-ring (bicyclic) bond motifs is 1. The van der Waals surface area contributed by atoms with Crippen molar-refractivity contribution in [3.63, 3.8) is 0 Å². The molecule has 0 spiro atoms. The van der Waals surface area contributed by atoms with Crippen molar-refractivity contribution in [3.05, 3.63) is 23.9 Å². The number of ether oxygens (including phenoxy) is 1. The van der Waals surface area contributed by atoms with Gasteiger partial charge >= 0.3 is 13.1 Å². The van der Waals surface area contributed by atoms with Gasteiger partial charge in [0.05, 0.1) is 16.7 Å². The first-order valence-electron chi connectivity index (χ1n) is 10.4. The molecule has 0 N–H and O–H groups in total. The fraction of sp³-hybridized carbons (Fsp3) is 0.591. The SMILES string of the molecule is CCC1(C)OB(c2ccc3c(c2)c(C(C)=O)nn3CC(=O)OC(C)(C)C)OC1(C)C. The van der Waals surface area contributed by atoms with Crippen LogP contribution in [0, 0.1) is 0 Å². The van der Waals surface area contributed by atoms with Crippen LogP contribution in [0.25, 0.3) is 10.9 Å². The number of hydrogen-bond donors (Lipinski definition) is 0. The monoisotopic (exact) mass is 414 g/mol. The summed E-state index contributed by atoms with van der Waals surface area (Å²) in [7, 11) is -0.539. The van der Waals surface area contributed by atoms with E-state index in [4.69, 9.17) is 14.0 Å². The normalized spacial score (nSPS) is 21.3. The minimum absolute atomic E-state index is 0.0717. The van der Waals surface area contributed by atoms with Crippen molar-refractivity contribution in [3.8, 4) is 0 Å². The number of carbonyl (C=O) groups excluding carboxylic acids is 2. The number of benzene rings is 1. The second-order valence-electron chi connectivity index (χ2n) is 9.59. The molecule has 0 radical (unpaired) electrons. The van der Waals surface area contributed by atoms with Crippen LogP contribution in [0.5, 0.6) is 0 Å². The Morgan fingerprint density at radius 2 is 1.87 bits per heavy atom. The molecule has 1 unspecified atom stereocenters. The van der Waals surface area contributed by atoms with Crippen LogP contribution in [0.15, 0.2) is 18.2 Å². The third kappa shape index (κ3) is 4.16. The Kier molecular flexibility index (Phi) is 5.62. The Morgan fingerprint density at radius 3 is 2.40 bits per heavy atom. The highest BCUT2D eigenvalue weighted by atomic mass is 16.7. The van der Waals surface area contributed by atoms with Crippen molar-refractivity contribution >= 4 is 35.2 Å². The van der Waals surface area contributed by atoms with Gasteiger partial charge in [0.15, 0.2) is 5.78 Å². The molecule has 1 fully saturated rings. The summed E-state index contributed by atoms with van der Waals surface area (Å²) in [6, 6.07) is 5.60. The number of nitrogens with zero attached hydrogens (tertiary/aromatic N) is 2. The summed E-state index contributed by atoms with van der Waals surface area (Å²) >= 11 is 0. The molecule has 2 heterocycles. The van der Waals surface area contributed by atoms with Crippen LogP contribution in [0.3, 0.4) is 0 Å². The molecule has 1 aliphatic heterocycles. The predicted octanol–water partition coefficient (Wildman–Crippen LogP) is 3.27. The molecule has 0 bridgehead atoms. The van der Waals surface area contributed by atoms with Crippen molar-refractivity contribution in [1.29, 1.82) is 0 Å². The number of aromatic nitrogens is 2. The topological polar surface area (TPSA) is 79.7 Å². The van der Waals surface area contributed by atoms with E-state index in [1.165, 1.54) is 11.6 Å². The van der Waals surface area contributed by atoms with Gasteiger partial charge in [-0.1, -0.05) is 19.1 Å². The fourth-order valence-corrected chi connectivity index (χ4v) is 3.66. The van der Waals surface area contributed by atoms with Gasteiger partial charge in [0, 0.05) is 12.3 Å². The summed E-state index contributed by atoms with van der Waals surface area (Å²) in [4.78, 5) is 24.5. The lowest BCUT2D eigenvalue weighted by Gasteiger charge is -2.35. The summed E-state index contributed by atoms with van der Waals surface area (Å²) in [5, 5.41) is 5.05. The molecule has 1 atom stereocenters. The largest absolute Gasteiger partial charge is 0.494 e. The Labute approximate surface area is 178 Å². The molecular formula is C22H31BN2O5. The molecule has 0 saturated carbocycles. The molecule has 8 heteroatoms. The van der Waals surface area contributed by atoms with Crippen LogP contribution < -0.4 is 5.46 Å².